The van der Waals surface area contributed by atoms with Crippen LogP contribution >= 0.6 is 0 Å². The minimum Gasteiger partial charge on any atom is -0.508 e. The second-order valence-corrected chi connectivity index (χ2v) is 9.51. The van der Waals surface area contributed by atoms with Crippen molar-refractivity contribution in [2.45, 2.75) is 32.6 Å². The fraction of sp³-hybridized carbons (Fsp3) is 0.200. The third-order valence-corrected chi connectivity index (χ3v) is 6.86. The molecule has 5 rings (SSSR count). The normalized spacial score (nSPS) is 15.6. The number of hydrogen-bond donors (Lipinski definition) is 1. The number of Topliss-reactive ketones (excluding diaryl/α,β-unsaturated/α-hetero) is 1. The Morgan fingerprint density at radius 3 is 2.54 bits per heavy atom. The molecule has 0 aliphatic carbocycles. The first-order valence-corrected chi connectivity index (χ1v) is 12.4. The lowest BCUT2D eigenvalue weighted by Crippen LogP contribution is -2.33. The number of alkyl halides is 2. The zero-order valence-electron chi connectivity index (χ0n) is 21.3. The van der Waals surface area contributed by atoms with Crippen molar-refractivity contribution in [3.63, 3.8) is 0 Å². The average molecular weight is 530 g/mol. The first kappa shape index (κ1) is 26.0. The van der Waals surface area contributed by atoms with Crippen molar-refractivity contribution < 1.29 is 28.3 Å². The van der Waals surface area contributed by atoms with Gasteiger partial charge < -0.3 is 5.11 Å². The van der Waals surface area contributed by atoms with E-state index in [2.05, 4.69) is 5.10 Å². The molecule has 1 N–H and O–H groups in total. The minimum atomic E-state index is -3.00. The standard InChI is InChI=1S/C30H25F2N3O4/c1-3-30(31,32)22-8-4-6-19(14-22)15-26(37)27-18(2)33-35(29(27)39)23-11-10-20-12-13-34(25(20)17-23)28(38)21-7-5-9-24(36)16-21/h4-14,16-17,27,36H,3,15H2,1-2H3. The smallest absolute Gasteiger partial charge is 0.273 e. The van der Waals surface area contributed by atoms with Crippen molar-refractivity contribution in [3.05, 3.63) is 95.7 Å². The van der Waals surface area contributed by atoms with Gasteiger partial charge in [0.2, 0.25) is 0 Å². The second kappa shape index (κ2) is 9.90. The molecule has 1 unspecified atom stereocenters. The topological polar surface area (TPSA) is 92.0 Å². The Morgan fingerprint density at radius 2 is 1.79 bits per heavy atom. The van der Waals surface area contributed by atoms with Crippen molar-refractivity contribution in [1.82, 2.24) is 4.57 Å². The average Bonchev–Trinajstić information content (AvgIpc) is 3.47. The van der Waals surface area contributed by atoms with Gasteiger partial charge >= 0.3 is 0 Å². The molecule has 1 atom stereocenters. The van der Waals surface area contributed by atoms with Crippen LogP contribution in [0.5, 0.6) is 5.75 Å². The van der Waals surface area contributed by atoms with E-state index in [1.54, 1.807) is 55.6 Å². The Hall–Kier alpha value is -4.66. The zero-order chi connectivity index (χ0) is 27.9. The molecule has 0 bridgehead atoms. The molecular formula is C30H25F2N3O4. The predicted octanol–water partition coefficient (Wildman–Crippen LogP) is 5.69. The van der Waals surface area contributed by atoms with Gasteiger partial charge in [0, 0.05) is 35.6 Å². The number of benzene rings is 3. The number of halogens is 2. The number of ketones is 1. The molecule has 1 amide bonds. The molecule has 0 saturated carbocycles. The molecule has 39 heavy (non-hydrogen) atoms. The molecule has 198 valence electrons. The molecule has 0 fully saturated rings. The molecule has 1 aliphatic rings. The highest BCUT2D eigenvalue weighted by Crippen LogP contribution is 2.33. The summed E-state index contributed by atoms with van der Waals surface area (Å²) in [5.41, 5.74) is 1.70. The van der Waals surface area contributed by atoms with Gasteiger partial charge in [0.25, 0.3) is 17.7 Å². The number of anilines is 1. The molecule has 9 heteroatoms. The maximum atomic E-state index is 14.1. The largest absolute Gasteiger partial charge is 0.508 e. The Morgan fingerprint density at radius 1 is 1.03 bits per heavy atom. The van der Waals surface area contributed by atoms with Gasteiger partial charge in [0.1, 0.15) is 11.7 Å². The summed E-state index contributed by atoms with van der Waals surface area (Å²) < 4.78 is 29.7. The number of phenolic OH excluding ortho intramolecular Hbond substituents is 1. The van der Waals surface area contributed by atoms with Crippen LogP contribution in [-0.4, -0.2) is 33.0 Å². The van der Waals surface area contributed by atoms with Crippen molar-refractivity contribution in [1.29, 1.82) is 0 Å². The Labute approximate surface area is 223 Å². The van der Waals surface area contributed by atoms with Crippen LogP contribution in [0.1, 0.15) is 41.8 Å². The number of aromatic hydroxyl groups is 1. The van der Waals surface area contributed by atoms with E-state index >= 15 is 0 Å². The van der Waals surface area contributed by atoms with E-state index in [0.29, 0.717) is 22.5 Å². The number of aromatic nitrogens is 1. The highest BCUT2D eigenvalue weighted by atomic mass is 19.3. The lowest BCUT2D eigenvalue weighted by Gasteiger charge is -2.16. The number of amides is 1. The van der Waals surface area contributed by atoms with Gasteiger partial charge in [-0.25, -0.2) is 8.78 Å². The molecule has 0 spiro atoms. The molecule has 2 heterocycles. The van der Waals surface area contributed by atoms with Gasteiger partial charge in [-0.15, -0.1) is 0 Å². The van der Waals surface area contributed by atoms with Gasteiger partial charge in [-0.2, -0.15) is 10.1 Å². The summed E-state index contributed by atoms with van der Waals surface area (Å²) in [6.07, 6.45) is 1.05. The number of phenols is 1. The van der Waals surface area contributed by atoms with Gasteiger partial charge in [0.05, 0.1) is 16.9 Å². The van der Waals surface area contributed by atoms with Gasteiger partial charge in [-0.3, -0.25) is 19.0 Å². The number of fused-ring (bicyclic) bond motifs is 1. The third kappa shape index (κ3) is 4.83. The summed E-state index contributed by atoms with van der Waals surface area (Å²) in [6, 6.07) is 18.5. The van der Waals surface area contributed by atoms with E-state index in [-0.39, 0.29) is 35.6 Å². The number of rotatable bonds is 7. The van der Waals surface area contributed by atoms with E-state index in [9.17, 15) is 28.3 Å². The monoisotopic (exact) mass is 529 g/mol. The summed E-state index contributed by atoms with van der Waals surface area (Å²) in [6.45, 7) is 2.97. The predicted molar refractivity (Wildman–Crippen MR) is 143 cm³/mol. The number of hydrazone groups is 1. The number of nitrogens with zero attached hydrogens (tertiary/aromatic N) is 3. The lowest BCUT2D eigenvalue weighted by molar-refractivity contribution is -0.128. The van der Waals surface area contributed by atoms with Gasteiger partial charge in [0.15, 0.2) is 5.78 Å². The number of carbonyl (C=O) groups is 3. The maximum Gasteiger partial charge on any atom is 0.273 e. The van der Waals surface area contributed by atoms with Crippen LogP contribution in [-0.2, 0) is 21.9 Å². The Balaban J connectivity index is 1.40. The number of hydrogen-bond acceptors (Lipinski definition) is 5. The minimum absolute atomic E-state index is 0.0352. The molecule has 4 aromatic rings. The summed E-state index contributed by atoms with van der Waals surface area (Å²) >= 11 is 0. The first-order chi connectivity index (χ1) is 18.6. The van der Waals surface area contributed by atoms with Gasteiger partial charge in [-0.05, 0) is 55.0 Å². The van der Waals surface area contributed by atoms with Crippen LogP contribution in [0.3, 0.4) is 0 Å². The van der Waals surface area contributed by atoms with E-state index in [1.807, 2.05) is 0 Å². The van der Waals surface area contributed by atoms with Crippen LogP contribution < -0.4 is 5.01 Å². The number of carbonyl (C=O) groups excluding carboxylic acids is 3. The van der Waals surface area contributed by atoms with Crippen molar-refractivity contribution >= 4 is 39.9 Å². The molecule has 0 radical (unpaired) electrons. The molecule has 7 nitrogen and oxygen atoms in total. The Kier molecular flexibility index (Phi) is 6.59. The van der Waals surface area contributed by atoms with Crippen molar-refractivity contribution in [2.75, 3.05) is 5.01 Å². The molecule has 1 aromatic heterocycles. The fourth-order valence-electron chi connectivity index (χ4n) is 4.74. The molecular weight excluding hydrogens is 504 g/mol. The van der Waals surface area contributed by atoms with Crippen molar-refractivity contribution in [2.24, 2.45) is 11.0 Å². The summed E-state index contributed by atoms with van der Waals surface area (Å²) in [7, 11) is 0. The van der Waals surface area contributed by atoms with Crippen LogP contribution in [0.25, 0.3) is 10.9 Å². The van der Waals surface area contributed by atoms with Crippen LogP contribution in [0.15, 0.2) is 84.1 Å². The maximum absolute atomic E-state index is 14.1. The van der Waals surface area contributed by atoms with Crippen molar-refractivity contribution in [3.8, 4) is 5.75 Å². The molecule has 0 saturated heterocycles. The van der Waals surface area contributed by atoms with Gasteiger partial charge in [-0.1, -0.05) is 37.3 Å². The third-order valence-electron chi connectivity index (χ3n) is 6.86. The van der Waals surface area contributed by atoms with Crippen LogP contribution in [0, 0.1) is 5.92 Å². The summed E-state index contributed by atoms with van der Waals surface area (Å²) in [5.74, 6) is -5.54. The van der Waals surface area contributed by atoms with E-state index < -0.39 is 23.5 Å². The quantitative estimate of drug-likeness (QED) is 0.312. The summed E-state index contributed by atoms with van der Waals surface area (Å²) in [4.78, 5) is 39.6. The molecule has 1 aliphatic heterocycles. The van der Waals surface area contributed by atoms with E-state index in [0.717, 1.165) is 10.4 Å². The summed E-state index contributed by atoms with van der Waals surface area (Å²) in [5, 5.41) is 16.0. The highest BCUT2D eigenvalue weighted by Gasteiger charge is 2.39. The van der Waals surface area contributed by atoms with E-state index in [4.69, 9.17) is 0 Å². The van der Waals surface area contributed by atoms with Crippen LogP contribution in [0.4, 0.5) is 14.5 Å². The Bertz CT molecular complexity index is 1660. The highest BCUT2D eigenvalue weighted by molar-refractivity contribution is 6.27. The van der Waals surface area contributed by atoms with Crippen LogP contribution in [0.2, 0.25) is 0 Å². The molecule has 3 aromatic carbocycles. The second-order valence-electron chi connectivity index (χ2n) is 9.51. The first-order valence-electron chi connectivity index (χ1n) is 12.4. The van der Waals surface area contributed by atoms with E-state index in [1.165, 1.54) is 41.8 Å². The zero-order valence-corrected chi connectivity index (χ0v) is 21.3. The SMILES string of the molecule is CCC(F)(F)c1cccc(CC(=O)C2C(=O)N(c3ccc4ccn(C(=O)c5cccc(O)c5)c4c3)N=C2C)c1. The fourth-order valence-corrected chi connectivity index (χ4v) is 4.74. The lowest BCUT2D eigenvalue weighted by atomic mass is 9.92.